The van der Waals surface area contributed by atoms with Crippen LogP contribution in [0, 0.1) is 0 Å². The van der Waals surface area contributed by atoms with E-state index in [9.17, 15) is 14.4 Å². The first kappa shape index (κ1) is 25.3. The number of carbonyl (C=O) groups is 3. The summed E-state index contributed by atoms with van der Waals surface area (Å²) in [5.41, 5.74) is 1.71. The van der Waals surface area contributed by atoms with Crippen molar-refractivity contribution in [1.29, 1.82) is 0 Å². The maximum absolute atomic E-state index is 12.7. The van der Waals surface area contributed by atoms with Crippen molar-refractivity contribution in [3.63, 3.8) is 0 Å². The highest BCUT2D eigenvalue weighted by atomic mass is 32.2. The Kier molecular flexibility index (Phi) is 7.95. The summed E-state index contributed by atoms with van der Waals surface area (Å²) in [5.74, 6) is -0.0427. The predicted molar refractivity (Wildman–Crippen MR) is 140 cm³/mol. The molecule has 3 aromatic carbocycles. The fraction of sp³-hybridized carbons (Fsp3) is 0.250. The Hall–Kier alpha value is -3.78. The zero-order valence-electron chi connectivity index (χ0n) is 20.4. The van der Waals surface area contributed by atoms with Gasteiger partial charge in [0.15, 0.2) is 11.5 Å². The molecule has 0 unspecified atom stereocenters. The Morgan fingerprint density at radius 2 is 1.75 bits per heavy atom. The molecule has 4 rings (SSSR count). The van der Waals surface area contributed by atoms with Gasteiger partial charge in [0.1, 0.15) is 13.2 Å². The van der Waals surface area contributed by atoms with Gasteiger partial charge in [0.2, 0.25) is 0 Å². The summed E-state index contributed by atoms with van der Waals surface area (Å²) in [4.78, 5) is 38.1. The van der Waals surface area contributed by atoms with Crippen LogP contribution in [0.5, 0.6) is 11.5 Å². The summed E-state index contributed by atoms with van der Waals surface area (Å²) in [6, 6.07) is 19.7. The van der Waals surface area contributed by atoms with Crippen LogP contribution in [-0.2, 0) is 20.9 Å². The summed E-state index contributed by atoms with van der Waals surface area (Å²) in [6.07, 6.45) is 1.28. The van der Waals surface area contributed by atoms with Crippen molar-refractivity contribution in [3.05, 3.63) is 76.7 Å². The van der Waals surface area contributed by atoms with Crippen LogP contribution >= 0.6 is 11.8 Å². The van der Waals surface area contributed by atoms with Crippen molar-refractivity contribution >= 4 is 45.7 Å². The van der Waals surface area contributed by atoms with Crippen LogP contribution in [0.3, 0.4) is 0 Å². The van der Waals surface area contributed by atoms with E-state index in [-0.39, 0.29) is 11.0 Å². The van der Waals surface area contributed by atoms with Gasteiger partial charge in [-0.1, -0.05) is 42.5 Å². The van der Waals surface area contributed by atoms with Gasteiger partial charge in [0, 0.05) is 0 Å². The molecule has 36 heavy (non-hydrogen) atoms. The number of nitrogens with zero attached hydrogens (tertiary/aromatic N) is 1. The van der Waals surface area contributed by atoms with Gasteiger partial charge >= 0.3 is 5.97 Å². The molecule has 1 aliphatic heterocycles. The molecule has 0 saturated carbocycles. The molecular weight excluding hydrogens is 478 g/mol. The first-order valence-corrected chi connectivity index (χ1v) is 12.5. The average molecular weight is 506 g/mol. The molecule has 1 heterocycles. The fourth-order valence-corrected chi connectivity index (χ4v) is 4.55. The minimum Gasteiger partial charge on any atom is -0.490 e. The van der Waals surface area contributed by atoms with Crippen LogP contribution in [0.4, 0.5) is 4.79 Å². The monoisotopic (exact) mass is 505 g/mol. The molecule has 0 spiro atoms. The second kappa shape index (κ2) is 11.3. The Morgan fingerprint density at radius 3 is 2.50 bits per heavy atom. The first-order chi connectivity index (χ1) is 17.3. The van der Waals surface area contributed by atoms with Gasteiger partial charge in [-0.15, -0.1) is 0 Å². The van der Waals surface area contributed by atoms with Crippen LogP contribution < -0.4 is 9.47 Å². The number of esters is 1. The van der Waals surface area contributed by atoms with Gasteiger partial charge < -0.3 is 14.2 Å². The second-order valence-corrected chi connectivity index (χ2v) is 9.41. The molecule has 0 bridgehead atoms. The fourth-order valence-electron chi connectivity index (χ4n) is 3.71. The third-order valence-electron chi connectivity index (χ3n) is 5.30. The van der Waals surface area contributed by atoms with Gasteiger partial charge in [-0.25, -0.2) is 0 Å². The Morgan fingerprint density at radius 1 is 0.972 bits per heavy atom. The second-order valence-electron chi connectivity index (χ2n) is 8.42. The first-order valence-electron chi connectivity index (χ1n) is 11.7. The topological polar surface area (TPSA) is 82.1 Å². The summed E-state index contributed by atoms with van der Waals surface area (Å²) >= 11 is 0.788. The number of thioether (sulfide) groups is 1. The lowest BCUT2D eigenvalue weighted by molar-refractivity contribution is -0.149. The highest BCUT2D eigenvalue weighted by Gasteiger charge is 2.36. The number of hydrogen-bond donors (Lipinski definition) is 0. The zero-order valence-corrected chi connectivity index (χ0v) is 21.2. The van der Waals surface area contributed by atoms with E-state index in [1.165, 1.54) is 5.39 Å². The normalized spacial score (nSPS) is 14.7. The van der Waals surface area contributed by atoms with E-state index in [1.54, 1.807) is 38.1 Å². The maximum atomic E-state index is 12.7. The van der Waals surface area contributed by atoms with Gasteiger partial charge in [0.05, 0.1) is 17.6 Å². The van der Waals surface area contributed by atoms with Crippen LogP contribution in [0.25, 0.3) is 16.8 Å². The minimum atomic E-state index is -0.625. The quantitative estimate of drug-likeness (QED) is 0.268. The molecule has 2 amide bonds. The van der Waals surface area contributed by atoms with E-state index in [1.807, 2.05) is 25.1 Å². The molecule has 8 heteroatoms. The Bertz CT molecular complexity index is 1330. The van der Waals surface area contributed by atoms with Crippen molar-refractivity contribution in [2.75, 3.05) is 13.2 Å². The number of rotatable bonds is 9. The van der Waals surface area contributed by atoms with Crippen molar-refractivity contribution in [1.82, 2.24) is 4.90 Å². The molecule has 0 aromatic heterocycles. The molecule has 1 fully saturated rings. The molecule has 1 saturated heterocycles. The minimum absolute atomic E-state index is 0.227. The molecular formula is C28H27NO6S. The lowest BCUT2D eigenvalue weighted by Crippen LogP contribution is -2.35. The van der Waals surface area contributed by atoms with E-state index >= 15 is 0 Å². The number of imide groups is 1. The molecule has 0 atom stereocenters. The van der Waals surface area contributed by atoms with Crippen LogP contribution in [-0.4, -0.2) is 41.3 Å². The van der Waals surface area contributed by atoms with E-state index in [0.29, 0.717) is 30.3 Å². The Labute approximate surface area is 214 Å². The largest absolute Gasteiger partial charge is 0.490 e. The Balaban J connectivity index is 1.48. The SMILES string of the molecule is CCOc1cc(/C=C2/SC(=O)N(CC(=O)OC(C)C)C2=O)ccc1OCc1ccc2ccccc2c1. The summed E-state index contributed by atoms with van der Waals surface area (Å²) in [5, 5.41) is 1.81. The standard InChI is InChI=1S/C28H27NO6S/c1-4-33-24-14-19(15-25-27(31)29(28(32)36-25)16-26(30)35-18(2)3)10-12-23(24)34-17-20-9-11-21-7-5-6-8-22(21)13-20/h5-15,18H,4,16-17H2,1-3H3/b25-15+. The molecule has 1 aliphatic rings. The number of carbonyl (C=O) groups excluding carboxylic acids is 3. The van der Waals surface area contributed by atoms with Crippen molar-refractivity contribution in [2.24, 2.45) is 0 Å². The van der Waals surface area contributed by atoms with Crippen LogP contribution in [0.15, 0.2) is 65.6 Å². The number of hydrogen-bond acceptors (Lipinski definition) is 7. The molecule has 7 nitrogen and oxygen atoms in total. The highest BCUT2D eigenvalue weighted by molar-refractivity contribution is 8.18. The van der Waals surface area contributed by atoms with E-state index in [0.717, 1.165) is 27.6 Å². The zero-order chi connectivity index (χ0) is 25.7. The summed E-state index contributed by atoms with van der Waals surface area (Å²) in [6.45, 7) is 5.68. The number of fused-ring (bicyclic) bond motifs is 1. The summed E-state index contributed by atoms with van der Waals surface area (Å²) in [7, 11) is 0. The van der Waals surface area contributed by atoms with Crippen LogP contribution in [0.2, 0.25) is 0 Å². The lowest BCUT2D eigenvalue weighted by atomic mass is 10.1. The number of benzene rings is 3. The van der Waals surface area contributed by atoms with Gasteiger partial charge in [0.25, 0.3) is 11.1 Å². The average Bonchev–Trinajstić information content (AvgIpc) is 3.10. The van der Waals surface area contributed by atoms with E-state index < -0.39 is 23.7 Å². The van der Waals surface area contributed by atoms with Crippen molar-refractivity contribution in [3.8, 4) is 11.5 Å². The van der Waals surface area contributed by atoms with Gasteiger partial charge in [-0.3, -0.25) is 19.3 Å². The summed E-state index contributed by atoms with van der Waals surface area (Å²) < 4.78 is 16.9. The molecule has 0 aliphatic carbocycles. The highest BCUT2D eigenvalue weighted by Crippen LogP contribution is 2.35. The molecule has 0 N–H and O–H groups in total. The maximum Gasteiger partial charge on any atom is 0.326 e. The van der Waals surface area contributed by atoms with Crippen molar-refractivity contribution in [2.45, 2.75) is 33.5 Å². The molecule has 0 radical (unpaired) electrons. The third kappa shape index (κ3) is 6.07. The smallest absolute Gasteiger partial charge is 0.326 e. The number of amides is 2. The van der Waals surface area contributed by atoms with Gasteiger partial charge in [-0.05, 0) is 78.7 Å². The number of ether oxygens (including phenoxy) is 3. The van der Waals surface area contributed by atoms with E-state index in [2.05, 4.69) is 24.3 Å². The molecule has 3 aromatic rings. The van der Waals surface area contributed by atoms with E-state index in [4.69, 9.17) is 14.2 Å². The van der Waals surface area contributed by atoms with Crippen LogP contribution in [0.1, 0.15) is 31.9 Å². The lowest BCUT2D eigenvalue weighted by Gasteiger charge is -2.14. The predicted octanol–water partition coefficient (Wildman–Crippen LogP) is 5.81. The van der Waals surface area contributed by atoms with Crippen molar-refractivity contribution < 1.29 is 28.6 Å². The third-order valence-corrected chi connectivity index (χ3v) is 6.21. The molecule has 186 valence electrons. The van der Waals surface area contributed by atoms with Gasteiger partial charge in [-0.2, -0.15) is 0 Å².